The lowest BCUT2D eigenvalue weighted by Gasteiger charge is -2.42. The first-order chi connectivity index (χ1) is 12.4. The van der Waals surface area contributed by atoms with Crippen molar-refractivity contribution >= 4 is 11.6 Å². The molecule has 2 saturated heterocycles. The number of likely N-dealkylation sites (tertiary alicyclic amines) is 1. The Bertz CT molecular complexity index is 668. The van der Waals surface area contributed by atoms with Gasteiger partial charge in [-0.3, -0.25) is 4.79 Å². The monoisotopic (exact) mass is 358 g/mol. The molecule has 3 aliphatic rings. The number of rotatable bonds is 3. The molecule has 3 nitrogen and oxygen atoms in total. The maximum absolute atomic E-state index is 13.8. The molecule has 26 heavy (non-hydrogen) atoms. The zero-order valence-corrected chi connectivity index (χ0v) is 16.1. The van der Waals surface area contributed by atoms with Crippen molar-refractivity contribution in [3.63, 3.8) is 0 Å². The number of carbonyl (C=O) groups excluding carboxylic acids is 1. The summed E-state index contributed by atoms with van der Waals surface area (Å²) in [4.78, 5) is 17.3. The molecule has 1 aromatic carbocycles. The Kier molecular flexibility index (Phi) is 4.70. The van der Waals surface area contributed by atoms with Crippen LogP contribution in [0.4, 0.5) is 10.1 Å². The molecule has 142 valence electrons. The zero-order valence-electron chi connectivity index (χ0n) is 16.1. The number of halogens is 1. The molecule has 0 radical (unpaired) electrons. The van der Waals surface area contributed by atoms with Gasteiger partial charge in [-0.1, -0.05) is 18.9 Å². The van der Waals surface area contributed by atoms with Crippen molar-refractivity contribution in [1.82, 2.24) is 4.90 Å². The third kappa shape index (κ3) is 3.35. The number of nitrogens with zero attached hydrogens (tertiary/aromatic N) is 2. The Morgan fingerprint density at radius 1 is 1.23 bits per heavy atom. The van der Waals surface area contributed by atoms with E-state index in [1.807, 2.05) is 6.07 Å². The first-order valence-corrected chi connectivity index (χ1v) is 10.3. The maximum atomic E-state index is 13.8. The van der Waals surface area contributed by atoms with E-state index in [0.717, 1.165) is 38.0 Å². The van der Waals surface area contributed by atoms with E-state index in [2.05, 4.69) is 23.6 Å². The fourth-order valence-electron chi connectivity index (χ4n) is 5.73. The van der Waals surface area contributed by atoms with Crippen LogP contribution in [-0.2, 0) is 4.79 Å². The van der Waals surface area contributed by atoms with Crippen molar-refractivity contribution in [3.05, 3.63) is 30.1 Å². The van der Waals surface area contributed by atoms with Crippen LogP contribution in [0.25, 0.3) is 0 Å². The molecule has 4 heteroatoms. The van der Waals surface area contributed by atoms with Crippen molar-refractivity contribution in [2.24, 2.45) is 11.8 Å². The number of anilines is 1. The molecular formula is C22H31FN2O. The second kappa shape index (κ2) is 6.86. The highest BCUT2D eigenvalue weighted by Crippen LogP contribution is 2.45. The SMILES string of the molecule is CC1(C)C[C@@H]2CN(C(=O)CC3CCCC3)CC[C@@H]2N1c1cccc(F)c1. The summed E-state index contributed by atoms with van der Waals surface area (Å²) < 4.78 is 13.8. The predicted molar refractivity (Wildman–Crippen MR) is 103 cm³/mol. The summed E-state index contributed by atoms with van der Waals surface area (Å²) in [5.41, 5.74) is 0.974. The van der Waals surface area contributed by atoms with Gasteiger partial charge in [0.05, 0.1) is 0 Å². The Morgan fingerprint density at radius 3 is 2.73 bits per heavy atom. The van der Waals surface area contributed by atoms with Gasteiger partial charge >= 0.3 is 0 Å². The van der Waals surface area contributed by atoms with Gasteiger partial charge in [0.2, 0.25) is 5.91 Å². The molecule has 1 saturated carbocycles. The van der Waals surface area contributed by atoms with Crippen LogP contribution >= 0.6 is 0 Å². The van der Waals surface area contributed by atoms with Crippen LogP contribution < -0.4 is 4.90 Å². The molecule has 1 amide bonds. The van der Waals surface area contributed by atoms with E-state index in [9.17, 15) is 9.18 Å². The quantitative estimate of drug-likeness (QED) is 0.788. The lowest BCUT2D eigenvalue weighted by Crippen LogP contribution is -2.50. The van der Waals surface area contributed by atoms with Crippen LogP contribution in [0.15, 0.2) is 24.3 Å². The summed E-state index contributed by atoms with van der Waals surface area (Å²) in [5, 5.41) is 0. The van der Waals surface area contributed by atoms with E-state index in [1.54, 1.807) is 12.1 Å². The van der Waals surface area contributed by atoms with Gasteiger partial charge in [0.1, 0.15) is 5.82 Å². The lowest BCUT2D eigenvalue weighted by molar-refractivity contribution is -0.134. The van der Waals surface area contributed by atoms with Gasteiger partial charge in [-0.2, -0.15) is 0 Å². The number of benzene rings is 1. The van der Waals surface area contributed by atoms with E-state index < -0.39 is 0 Å². The van der Waals surface area contributed by atoms with Gasteiger partial charge in [0, 0.05) is 36.8 Å². The van der Waals surface area contributed by atoms with Crippen LogP contribution in [0, 0.1) is 17.7 Å². The molecule has 2 aliphatic heterocycles. The summed E-state index contributed by atoms with van der Waals surface area (Å²) in [6.07, 6.45) is 7.83. The molecule has 1 aromatic rings. The molecule has 1 aliphatic carbocycles. The van der Waals surface area contributed by atoms with Crippen molar-refractivity contribution < 1.29 is 9.18 Å². The highest BCUT2D eigenvalue weighted by atomic mass is 19.1. The molecule has 4 rings (SSSR count). The van der Waals surface area contributed by atoms with E-state index in [1.165, 1.54) is 31.7 Å². The second-order valence-electron chi connectivity index (χ2n) is 9.18. The van der Waals surface area contributed by atoms with Gasteiger partial charge in [0.15, 0.2) is 0 Å². The normalized spacial score (nSPS) is 28.4. The van der Waals surface area contributed by atoms with Crippen molar-refractivity contribution in [3.8, 4) is 0 Å². The summed E-state index contributed by atoms with van der Waals surface area (Å²) in [6.45, 7) is 6.21. The summed E-state index contributed by atoms with van der Waals surface area (Å²) in [7, 11) is 0. The molecule has 3 fully saturated rings. The van der Waals surface area contributed by atoms with Gasteiger partial charge < -0.3 is 9.80 Å². The minimum absolute atomic E-state index is 0.00631. The van der Waals surface area contributed by atoms with Crippen LogP contribution in [0.1, 0.15) is 58.8 Å². The van der Waals surface area contributed by atoms with E-state index >= 15 is 0 Å². The molecule has 0 spiro atoms. The van der Waals surface area contributed by atoms with Gasteiger partial charge in [-0.15, -0.1) is 0 Å². The van der Waals surface area contributed by atoms with Gasteiger partial charge in [-0.25, -0.2) is 4.39 Å². The topological polar surface area (TPSA) is 23.6 Å². The molecule has 2 heterocycles. The van der Waals surface area contributed by atoms with Crippen LogP contribution in [-0.4, -0.2) is 35.5 Å². The van der Waals surface area contributed by atoms with E-state index in [4.69, 9.17) is 0 Å². The number of hydrogen-bond donors (Lipinski definition) is 0. The number of carbonyl (C=O) groups is 1. The van der Waals surface area contributed by atoms with Crippen LogP contribution in [0.5, 0.6) is 0 Å². The molecule has 2 atom stereocenters. The second-order valence-corrected chi connectivity index (χ2v) is 9.18. The van der Waals surface area contributed by atoms with Crippen molar-refractivity contribution in [2.75, 3.05) is 18.0 Å². The smallest absolute Gasteiger partial charge is 0.222 e. The number of piperidine rings is 1. The molecular weight excluding hydrogens is 327 g/mol. The zero-order chi connectivity index (χ0) is 18.3. The Balaban J connectivity index is 1.46. The third-order valence-electron chi connectivity index (χ3n) is 6.82. The van der Waals surface area contributed by atoms with Crippen molar-refractivity contribution in [2.45, 2.75) is 70.4 Å². The van der Waals surface area contributed by atoms with E-state index in [-0.39, 0.29) is 11.4 Å². The predicted octanol–water partition coefficient (Wildman–Crippen LogP) is 4.61. The summed E-state index contributed by atoms with van der Waals surface area (Å²) >= 11 is 0. The minimum Gasteiger partial charge on any atom is -0.363 e. The standard InChI is InChI=1S/C22H31FN2O/c1-22(2)14-17-15-24(21(26)12-16-6-3-4-7-16)11-10-20(17)25(22)19-9-5-8-18(23)13-19/h5,8-9,13,16-17,20H,3-4,6-7,10-12,14-15H2,1-2H3/t17-,20+/m1/s1. The first kappa shape index (κ1) is 17.8. The Hall–Kier alpha value is -1.58. The highest BCUT2D eigenvalue weighted by molar-refractivity contribution is 5.76. The van der Waals surface area contributed by atoms with E-state index in [0.29, 0.717) is 23.8 Å². The maximum Gasteiger partial charge on any atom is 0.222 e. The lowest BCUT2D eigenvalue weighted by atomic mass is 9.89. The molecule has 0 aromatic heterocycles. The fourth-order valence-corrected chi connectivity index (χ4v) is 5.73. The van der Waals surface area contributed by atoms with Crippen LogP contribution in [0.3, 0.4) is 0 Å². The summed E-state index contributed by atoms with van der Waals surface area (Å²) in [6, 6.07) is 7.39. The average molecular weight is 359 g/mol. The van der Waals surface area contributed by atoms with Gasteiger partial charge in [-0.05, 0) is 69.6 Å². The Morgan fingerprint density at radius 2 is 2.00 bits per heavy atom. The Labute approximate surface area is 156 Å². The molecule has 0 N–H and O–H groups in total. The number of hydrogen-bond acceptors (Lipinski definition) is 2. The van der Waals surface area contributed by atoms with Crippen LogP contribution in [0.2, 0.25) is 0 Å². The average Bonchev–Trinajstić information content (AvgIpc) is 3.17. The third-order valence-corrected chi connectivity index (χ3v) is 6.82. The van der Waals surface area contributed by atoms with Crippen molar-refractivity contribution in [1.29, 1.82) is 0 Å². The van der Waals surface area contributed by atoms with Gasteiger partial charge in [0.25, 0.3) is 0 Å². The summed E-state index contributed by atoms with van der Waals surface area (Å²) in [5.74, 6) is 1.28. The first-order valence-electron chi connectivity index (χ1n) is 10.3. The number of amides is 1. The molecule has 0 bridgehead atoms. The largest absolute Gasteiger partial charge is 0.363 e. The minimum atomic E-state index is -0.175. The molecule has 0 unspecified atom stereocenters. The highest BCUT2D eigenvalue weighted by Gasteiger charge is 2.48. The fraction of sp³-hybridized carbons (Fsp3) is 0.682. The number of fused-ring (bicyclic) bond motifs is 1.